The molecule has 1 aromatic carbocycles. The van der Waals surface area contributed by atoms with Crippen LogP contribution in [0.5, 0.6) is 0 Å². The molecule has 0 aromatic heterocycles. The van der Waals surface area contributed by atoms with E-state index in [2.05, 4.69) is 5.32 Å². The van der Waals surface area contributed by atoms with Gasteiger partial charge in [-0.2, -0.15) is 8.78 Å². The molecule has 1 atom stereocenters. The van der Waals surface area contributed by atoms with Gasteiger partial charge in [0.15, 0.2) is 5.78 Å². The van der Waals surface area contributed by atoms with Crippen molar-refractivity contribution in [2.24, 2.45) is 0 Å². The second-order valence-electron chi connectivity index (χ2n) is 4.93. The molecule has 0 bridgehead atoms. The Morgan fingerprint density at radius 1 is 1.32 bits per heavy atom. The zero-order valence-electron chi connectivity index (χ0n) is 10.4. The topological polar surface area (TPSA) is 38.3 Å². The Balaban J connectivity index is 2.07. The molecule has 1 aromatic rings. The van der Waals surface area contributed by atoms with Gasteiger partial charge < -0.3 is 10.1 Å². The molecule has 102 valence electrons. The van der Waals surface area contributed by atoms with Crippen LogP contribution in [0.4, 0.5) is 14.5 Å². The number of carbonyl (C=O) groups excluding carboxylic acids is 1. The standard InChI is InChI=1S/C14H15F2NO2/c15-14(16)19-12-6-7-17-10-5-4-8-9(13(10)12)2-1-3-11(8)18/h4-5,12,14,17H,1-3,6-7H2. The summed E-state index contributed by atoms with van der Waals surface area (Å²) in [4.78, 5) is 11.9. The highest BCUT2D eigenvalue weighted by molar-refractivity contribution is 5.99. The Kier molecular flexibility index (Phi) is 3.22. The lowest BCUT2D eigenvalue weighted by atomic mass is 9.83. The average Bonchev–Trinajstić information content (AvgIpc) is 2.38. The fourth-order valence-corrected chi connectivity index (χ4v) is 3.02. The Morgan fingerprint density at radius 3 is 2.95 bits per heavy atom. The monoisotopic (exact) mass is 267 g/mol. The molecule has 3 rings (SSSR count). The van der Waals surface area contributed by atoms with E-state index in [4.69, 9.17) is 4.74 Å². The van der Waals surface area contributed by atoms with Crippen molar-refractivity contribution >= 4 is 11.5 Å². The molecule has 1 heterocycles. The molecule has 1 N–H and O–H groups in total. The molecule has 0 amide bonds. The first kappa shape index (κ1) is 12.5. The number of nitrogens with one attached hydrogen (secondary N) is 1. The van der Waals surface area contributed by atoms with Crippen molar-refractivity contribution in [3.8, 4) is 0 Å². The van der Waals surface area contributed by atoms with Gasteiger partial charge in [-0.3, -0.25) is 4.79 Å². The second-order valence-corrected chi connectivity index (χ2v) is 4.93. The zero-order chi connectivity index (χ0) is 13.4. The lowest BCUT2D eigenvalue weighted by Crippen LogP contribution is -2.24. The summed E-state index contributed by atoms with van der Waals surface area (Å²) in [5.41, 5.74) is 3.16. The molecule has 0 radical (unpaired) electrons. The van der Waals surface area contributed by atoms with E-state index in [1.165, 1.54) is 0 Å². The Morgan fingerprint density at radius 2 is 2.16 bits per heavy atom. The number of fused-ring (bicyclic) bond motifs is 3. The summed E-state index contributed by atoms with van der Waals surface area (Å²) >= 11 is 0. The van der Waals surface area contributed by atoms with Gasteiger partial charge in [-0.25, -0.2) is 0 Å². The minimum absolute atomic E-state index is 0.102. The van der Waals surface area contributed by atoms with Crippen molar-refractivity contribution < 1.29 is 18.3 Å². The van der Waals surface area contributed by atoms with Gasteiger partial charge in [-0.05, 0) is 37.0 Å². The molecule has 0 saturated carbocycles. The van der Waals surface area contributed by atoms with E-state index in [9.17, 15) is 13.6 Å². The van der Waals surface area contributed by atoms with Gasteiger partial charge in [0.25, 0.3) is 0 Å². The van der Waals surface area contributed by atoms with Gasteiger partial charge in [-0.15, -0.1) is 0 Å². The number of ether oxygens (including phenoxy) is 1. The van der Waals surface area contributed by atoms with E-state index in [1.54, 1.807) is 12.1 Å². The quantitative estimate of drug-likeness (QED) is 0.893. The van der Waals surface area contributed by atoms with Crippen LogP contribution in [0.2, 0.25) is 0 Å². The predicted octanol–water partition coefficient (Wildman–Crippen LogP) is 3.30. The van der Waals surface area contributed by atoms with E-state index in [0.29, 0.717) is 24.9 Å². The van der Waals surface area contributed by atoms with Crippen LogP contribution in [-0.2, 0) is 11.2 Å². The molecule has 0 spiro atoms. The van der Waals surface area contributed by atoms with E-state index in [-0.39, 0.29) is 5.78 Å². The highest BCUT2D eigenvalue weighted by Gasteiger charge is 2.30. The van der Waals surface area contributed by atoms with Crippen LogP contribution in [0.3, 0.4) is 0 Å². The number of benzene rings is 1. The highest BCUT2D eigenvalue weighted by atomic mass is 19.3. The molecule has 3 nitrogen and oxygen atoms in total. The first-order chi connectivity index (χ1) is 9.16. The smallest absolute Gasteiger partial charge is 0.345 e. The molecule has 5 heteroatoms. The van der Waals surface area contributed by atoms with Crippen LogP contribution in [0, 0.1) is 0 Å². The predicted molar refractivity (Wildman–Crippen MR) is 66.6 cm³/mol. The zero-order valence-corrected chi connectivity index (χ0v) is 10.4. The summed E-state index contributed by atoms with van der Waals surface area (Å²) in [5.74, 6) is 0.102. The van der Waals surface area contributed by atoms with Gasteiger partial charge >= 0.3 is 6.61 Å². The third kappa shape index (κ3) is 2.23. The molecular formula is C14H15F2NO2. The van der Waals surface area contributed by atoms with Crippen LogP contribution in [0.25, 0.3) is 0 Å². The first-order valence-electron chi connectivity index (χ1n) is 6.53. The Bertz CT molecular complexity index is 516. The van der Waals surface area contributed by atoms with Crippen LogP contribution < -0.4 is 5.32 Å². The number of rotatable bonds is 2. The van der Waals surface area contributed by atoms with Crippen LogP contribution in [0.1, 0.15) is 46.9 Å². The van der Waals surface area contributed by atoms with Gasteiger partial charge in [0.1, 0.15) is 0 Å². The van der Waals surface area contributed by atoms with E-state index >= 15 is 0 Å². The van der Waals surface area contributed by atoms with Crippen LogP contribution in [-0.4, -0.2) is 18.9 Å². The lowest BCUT2D eigenvalue weighted by molar-refractivity contribution is -0.166. The molecule has 0 fully saturated rings. The van der Waals surface area contributed by atoms with E-state index < -0.39 is 12.7 Å². The SMILES string of the molecule is O=C1CCCc2c1ccc1c2C(OC(F)F)CCN1. The number of halogens is 2. The van der Waals surface area contributed by atoms with Crippen LogP contribution >= 0.6 is 0 Å². The molecule has 0 saturated heterocycles. The number of ketones is 1. The average molecular weight is 267 g/mol. The Labute approximate surface area is 109 Å². The molecular weight excluding hydrogens is 252 g/mol. The minimum Gasteiger partial charge on any atom is -0.385 e. The van der Waals surface area contributed by atoms with E-state index in [1.807, 2.05) is 0 Å². The summed E-state index contributed by atoms with van der Waals surface area (Å²) in [6.07, 6.45) is 1.97. The maximum atomic E-state index is 12.5. The van der Waals surface area contributed by atoms with Crippen molar-refractivity contribution in [2.75, 3.05) is 11.9 Å². The van der Waals surface area contributed by atoms with Gasteiger partial charge in [0.05, 0.1) is 6.10 Å². The number of hydrogen-bond donors (Lipinski definition) is 1. The van der Waals surface area contributed by atoms with Crippen molar-refractivity contribution in [1.29, 1.82) is 0 Å². The molecule has 19 heavy (non-hydrogen) atoms. The normalized spacial score (nSPS) is 21.8. The fourth-order valence-electron chi connectivity index (χ4n) is 3.02. The number of alkyl halides is 2. The number of hydrogen-bond acceptors (Lipinski definition) is 3. The van der Waals surface area contributed by atoms with Crippen molar-refractivity contribution in [2.45, 2.75) is 38.4 Å². The second kappa shape index (κ2) is 4.89. The third-order valence-corrected chi connectivity index (χ3v) is 3.80. The summed E-state index contributed by atoms with van der Waals surface area (Å²) in [7, 11) is 0. The largest absolute Gasteiger partial charge is 0.385 e. The Hall–Kier alpha value is -1.49. The lowest BCUT2D eigenvalue weighted by Gasteiger charge is -2.31. The van der Waals surface area contributed by atoms with Gasteiger partial charge in [0.2, 0.25) is 0 Å². The highest BCUT2D eigenvalue weighted by Crippen LogP contribution is 2.40. The summed E-state index contributed by atoms with van der Waals surface area (Å²) < 4.78 is 29.8. The maximum Gasteiger partial charge on any atom is 0.345 e. The van der Waals surface area contributed by atoms with E-state index in [0.717, 1.165) is 29.7 Å². The molecule has 2 aliphatic rings. The molecule has 1 unspecified atom stereocenters. The summed E-state index contributed by atoms with van der Waals surface area (Å²) in [6, 6.07) is 3.60. The van der Waals surface area contributed by atoms with Crippen molar-refractivity contribution in [3.63, 3.8) is 0 Å². The third-order valence-electron chi connectivity index (χ3n) is 3.80. The minimum atomic E-state index is -2.79. The molecule has 1 aliphatic carbocycles. The van der Waals surface area contributed by atoms with Crippen LogP contribution in [0.15, 0.2) is 12.1 Å². The first-order valence-corrected chi connectivity index (χ1v) is 6.53. The van der Waals surface area contributed by atoms with Crippen molar-refractivity contribution in [3.05, 3.63) is 28.8 Å². The number of anilines is 1. The van der Waals surface area contributed by atoms with Gasteiger partial charge in [0, 0.05) is 29.8 Å². The summed E-state index contributed by atoms with van der Waals surface area (Å²) in [5, 5.41) is 3.19. The number of carbonyl (C=O) groups is 1. The maximum absolute atomic E-state index is 12.5. The number of Topliss-reactive ketones (excluding diaryl/α,β-unsaturated/α-hetero) is 1. The summed E-state index contributed by atoms with van der Waals surface area (Å²) in [6.45, 7) is -2.18. The van der Waals surface area contributed by atoms with Crippen molar-refractivity contribution in [1.82, 2.24) is 0 Å². The molecule has 1 aliphatic heterocycles. The fraction of sp³-hybridized carbons (Fsp3) is 0.500. The van der Waals surface area contributed by atoms with Gasteiger partial charge in [-0.1, -0.05) is 0 Å².